The molecule has 1 heterocycles. The van der Waals surface area contributed by atoms with Gasteiger partial charge < -0.3 is 10.9 Å². The predicted octanol–water partition coefficient (Wildman–Crippen LogP) is 0.144. The number of nitrogen functional groups attached to an aromatic ring is 1. The number of benzene rings is 1. The highest BCUT2D eigenvalue weighted by atomic mass is 32.2. The molecule has 1 aromatic carbocycles. The van der Waals surface area contributed by atoms with E-state index >= 15 is 0 Å². The highest BCUT2D eigenvalue weighted by Crippen LogP contribution is 2.08. The van der Waals surface area contributed by atoms with E-state index < -0.39 is 14.9 Å². The number of sulfonamides is 1. The van der Waals surface area contributed by atoms with Crippen LogP contribution in [0.1, 0.15) is 0 Å². The standard InChI is InChI=1S/C6H8N2O2S.C5H4N2O3/c7-5-1-3-6(4-2-5)11(8,9)10;8-6-3-1-5(2-4-6)7(9)10/h1-4H,7H2,(H2,8,9,10);1-4H. The molecule has 112 valence electrons. The van der Waals surface area contributed by atoms with Gasteiger partial charge in [0.05, 0.1) is 22.0 Å². The van der Waals surface area contributed by atoms with E-state index in [4.69, 9.17) is 10.9 Å². The van der Waals surface area contributed by atoms with E-state index in [2.05, 4.69) is 0 Å². The summed E-state index contributed by atoms with van der Waals surface area (Å²) in [4.78, 5) is 9.53. The van der Waals surface area contributed by atoms with Crippen LogP contribution in [0.2, 0.25) is 0 Å². The van der Waals surface area contributed by atoms with Crippen molar-refractivity contribution in [2.75, 3.05) is 5.73 Å². The lowest BCUT2D eigenvalue weighted by Crippen LogP contribution is -2.23. The molecule has 21 heavy (non-hydrogen) atoms. The number of anilines is 1. The molecule has 0 saturated carbocycles. The predicted molar refractivity (Wildman–Crippen MR) is 74.3 cm³/mol. The zero-order chi connectivity index (χ0) is 16.0. The monoisotopic (exact) mass is 312 g/mol. The summed E-state index contributed by atoms with van der Waals surface area (Å²) in [6.07, 6.45) is 2.16. The number of nitrogens with zero attached hydrogens (tertiary/aromatic N) is 2. The van der Waals surface area contributed by atoms with Crippen LogP contribution in [0.5, 0.6) is 0 Å². The summed E-state index contributed by atoms with van der Waals surface area (Å²) in [6, 6.07) is 7.99. The second kappa shape index (κ2) is 6.63. The molecule has 10 heteroatoms. The lowest BCUT2D eigenvalue weighted by molar-refractivity contribution is -0.606. The average Bonchev–Trinajstić information content (AvgIpc) is 2.39. The summed E-state index contributed by atoms with van der Waals surface area (Å²) in [6.45, 7) is 0. The van der Waals surface area contributed by atoms with Crippen molar-refractivity contribution in [2.24, 2.45) is 5.14 Å². The third kappa shape index (κ3) is 5.42. The van der Waals surface area contributed by atoms with Gasteiger partial charge in [-0.25, -0.2) is 13.6 Å². The lowest BCUT2D eigenvalue weighted by atomic mass is 10.3. The zero-order valence-electron chi connectivity index (χ0n) is 10.6. The molecule has 0 radical (unpaired) electrons. The van der Waals surface area contributed by atoms with Crippen molar-refractivity contribution in [3.63, 3.8) is 0 Å². The highest BCUT2D eigenvalue weighted by Gasteiger charge is 2.05. The van der Waals surface area contributed by atoms with E-state index in [1.165, 1.54) is 24.3 Å². The fraction of sp³-hybridized carbons (Fsp3) is 0. The topological polar surface area (TPSA) is 156 Å². The Morgan fingerprint density at radius 3 is 1.90 bits per heavy atom. The molecule has 0 bridgehead atoms. The fourth-order valence-corrected chi connectivity index (χ4v) is 1.70. The van der Waals surface area contributed by atoms with Crippen molar-refractivity contribution in [3.05, 3.63) is 64.1 Å². The minimum atomic E-state index is -3.58. The van der Waals surface area contributed by atoms with Crippen molar-refractivity contribution in [3.8, 4) is 0 Å². The van der Waals surface area contributed by atoms with Gasteiger partial charge in [0.2, 0.25) is 10.0 Å². The molecular weight excluding hydrogens is 300 g/mol. The Balaban J connectivity index is 0.000000211. The molecule has 0 atom stereocenters. The van der Waals surface area contributed by atoms with E-state index in [9.17, 15) is 23.7 Å². The van der Waals surface area contributed by atoms with Crippen molar-refractivity contribution >= 4 is 21.4 Å². The molecule has 9 nitrogen and oxygen atoms in total. The number of primary sulfonamides is 1. The minimum absolute atomic E-state index is 0.0756. The second-order valence-corrected chi connectivity index (χ2v) is 5.35. The second-order valence-electron chi connectivity index (χ2n) is 3.79. The van der Waals surface area contributed by atoms with Gasteiger partial charge in [0.1, 0.15) is 0 Å². The minimum Gasteiger partial charge on any atom is -0.619 e. The Morgan fingerprint density at radius 1 is 1.05 bits per heavy atom. The Labute approximate surface area is 120 Å². The van der Waals surface area contributed by atoms with E-state index in [0.29, 0.717) is 10.4 Å². The third-order valence-corrected chi connectivity index (χ3v) is 3.13. The van der Waals surface area contributed by atoms with Crippen molar-refractivity contribution in [1.29, 1.82) is 0 Å². The molecule has 0 aliphatic heterocycles. The molecule has 0 aliphatic rings. The summed E-state index contributed by atoms with van der Waals surface area (Å²) in [5, 5.41) is 25.2. The average molecular weight is 312 g/mol. The lowest BCUT2D eigenvalue weighted by Gasteiger charge is -1.96. The normalized spacial score (nSPS) is 10.3. The Bertz CT molecular complexity index is 713. The Kier molecular flexibility index (Phi) is 5.16. The highest BCUT2D eigenvalue weighted by molar-refractivity contribution is 7.89. The van der Waals surface area contributed by atoms with Crippen molar-refractivity contribution in [1.82, 2.24) is 0 Å². The van der Waals surface area contributed by atoms with Crippen LogP contribution in [0.15, 0.2) is 53.7 Å². The first-order chi connectivity index (χ1) is 9.70. The molecule has 0 aliphatic carbocycles. The maximum absolute atomic E-state index is 10.7. The van der Waals surface area contributed by atoms with Gasteiger partial charge in [0.15, 0.2) is 12.4 Å². The van der Waals surface area contributed by atoms with Crippen LogP contribution in [0.4, 0.5) is 11.4 Å². The first-order valence-corrected chi connectivity index (χ1v) is 6.96. The van der Waals surface area contributed by atoms with Gasteiger partial charge in [-0.2, -0.15) is 4.73 Å². The number of aromatic nitrogens is 1. The molecule has 2 aromatic rings. The maximum atomic E-state index is 10.7. The SMILES string of the molecule is Nc1ccc(S(N)(=O)=O)cc1.O=[N+]([O-])c1cc[n+]([O-])cc1. The summed E-state index contributed by atoms with van der Waals surface area (Å²) < 4.78 is 21.9. The smallest absolute Gasteiger partial charge is 0.281 e. The molecule has 2 rings (SSSR count). The molecule has 0 fully saturated rings. The van der Waals surface area contributed by atoms with E-state index in [0.717, 1.165) is 24.5 Å². The fourth-order valence-electron chi connectivity index (χ4n) is 1.18. The van der Waals surface area contributed by atoms with E-state index in [1.54, 1.807) is 0 Å². The van der Waals surface area contributed by atoms with Gasteiger partial charge in [-0.1, -0.05) is 0 Å². The molecular formula is C11H12N4O5S. The van der Waals surface area contributed by atoms with Gasteiger partial charge >= 0.3 is 0 Å². The van der Waals surface area contributed by atoms with E-state index in [-0.39, 0.29) is 10.6 Å². The van der Waals surface area contributed by atoms with Gasteiger partial charge in [0.25, 0.3) is 5.69 Å². The number of hydrogen-bond donors (Lipinski definition) is 2. The van der Waals surface area contributed by atoms with Crippen LogP contribution in [-0.4, -0.2) is 13.3 Å². The summed E-state index contributed by atoms with van der Waals surface area (Å²) in [5.41, 5.74) is 5.77. The number of nitro groups is 1. The van der Waals surface area contributed by atoms with Crippen LogP contribution < -0.4 is 15.6 Å². The van der Waals surface area contributed by atoms with Crippen molar-refractivity contribution < 1.29 is 18.1 Å². The van der Waals surface area contributed by atoms with Crippen LogP contribution in [0, 0.1) is 15.3 Å². The Morgan fingerprint density at radius 2 is 1.52 bits per heavy atom. The first-order valence-electron chi connectivity index (χ1n) is 5.41. The number of nitrogens with two attached hydrogens (primary N) is 2. The number of pyridine rings is 1. The molecule has 0 saturated heterocycles. The third-order valence-electron chi connectivity index (χ3n) is 2.20. The van der Waals surface area contributed by atoms with Crippen LogP contribution in [0.25, 0.3) is 0 Å². The van der Waals surface area contributed by atoms with E-state index in [1.807, 2.05) is 0 Å². The summed E-state index contributed by atoms with van der Waals surface area (Å²) in [5.74, 6) is 0. The van der Waals surface area contributed by atoms with Gasteiger partial charge in [-0.15, -0.1) is 0 Å². The number of hydrogen-bond acceptors (Lipinski definition) is 6. The quantitative estimate of drug-likeness (QED) is 0.264. The van der Waals surface area contributed by atoms with Crippen LogP contribution >= 0.6 is 0 Å². The molecule has 1 aromatic heterocycles. The Hall–Kier alpha value is -2.72. The molecule has 4 N–H and O–H groups in total. The molecule has 0 unspecified atom stereocenters. The van der Waals surface area contributed by atoms with Crippen LogP contribution in [-0.2, 0) is 10.0 Å². The van der Waals surface area contributed by atoms with Gasteiger partial charge in [-0.05, 0) is 24.3 Å². The largest absolute Gasteiger partial charge is 0.619 e. The first kappa shape index (κ1) is 16.3. The van der Waals surface area contributed by atoms with Gasteiger partial charge in [-0.3, -0.25) is 10.1 Å². The summed E-state index contributed by atoms with van der Waals surface area (Å²) in [7, 11) is -3.58. The van der Waals surface area contributed by atoms with Crippen molar-refractivity contribution in [2.45, 2.75) is 4.90 Å². The summed E-state index contributed by atoms with van der Waals surface area (Å²) >= 11 is 0. The van der Waals surface area contributed by atoms with Crippen LogP contribution in [0.3, 0.4) is 0 Å². The molecule has 0 amide bonds. The molecule has 0 spiro atoms. The zero-order valence-corrected chi connectivity index (χ0v) is 11.4. The maximum Gasteiger partial charge on any atom is 0.281 e. The van der Waals surface area contributed by atoms with Gasteiger partial charge in [0, 0.05) is 5.69 Å². The number of rotatable bonds is 2.